The zero-order valence-electron chi connectivity index (χ0n) is 18.0. The lowest BCUT2D eigenvalue weighted by molar-refractivity contribution is -0.137. The van der Waals surface area contributed by atoms with Gasteiger partial charge in [-0.25, -0.2) is 4.99 Å². The van der Waals surface area contributed by atoms with Crippen molar-refractivity contribution in [2.24, 2.45) is 12.0 Å². The van der Waals surface area contributed by atoms with Crippen molar-refractivity contribution in [2.75, 3.05) is 13.1 Å². The molecule has 1 heterocycles. The van der Waals surface area contributed by atoms with Crippen LogP contribution in [0.15, 0.2) is 29.3 Å². The molecule has 0 aliphatic rings. The van der Waals surface area contributed by atoms with Crippen LogP contribution in [-0.4, -0.2) is 34.9 Å². The maximum atomic E-state index is 12.8. The number of alkyl halides is 3. The molecule has 2 rings (SSSR count). The summed E-state index contributed by atoms with van der Waals surface area (Å²) in [5.74, 6) is 6.17. The van der Waals surface area contributed by atoms with Gasteiger partial charge in [-0.3, -0.25) is 4.68 Å². The van der Waals surface area contributed by atoms with E-state index in [2.05, 4.69) is 39.5 Å². The molecule has 162 valence electrons. The van der Waals surface area contributed by atoms with Crippen LogP contribution >= 0.6 is 0 Å². The topological polar surface area (TPSA) is 54.2 Å². The molecule has 1 atom stereocenters. The second-order valence-corrected chi connectivity index (χ2v) is 7.10. The van der Waals surface area contributed by atoms with Crippen LogP contribution in [0.2, 0.25) is 0 Å². The van der Waals surface area contributed by atoms with Crippen LogP contribution in [0.5, 0.6) is 0 Å². The summed E-state index contributed by atoms with van der Waals surface area (Å²) in [6, 6.07) is 5.09. The zero-order chi connectivity index (χ0) is 22.3. The molecule has 5 nitrogen and oxygen atoms in total. The molecule has 1 aromatic carbocycles. The van der Waals surface area contributed by atoms with E-state index < -0.39 is 11.7 Å². The Morgan fingerprint density at radius 2 is 2.03 bits per heavy atom. The van der Waals surface area contributed by atoms with Crippen molar-refractivity contribution in [1.82, 2.24) is 20.4 Å². The summed E-state index contributed by atoms with van der Waals surface area (Å²) >= 11 is 0. The van der Waals surface area contributed by atoms with Crippen molar-refractivity contribution in [3.05, 3.63) is 52.3 Å². The largest absolute Gasteiger partial charge is 0.416 e. The smallest absolute Gasteiger partial charge is 0.357 e. The number of hydrogen-bond donors (Lipinski definition) is 2. The van der Waals surface area contributed by atoms with Crippen LogP contribution in [0.1, 0.15) is 41.9 Å². The Bertz CT molecular complexity index is 948. The average molecular weight is 419 g/mol. The second-order valence-electron chi connectivity index (χ2n) is 7.10. The van der Waals surface area contributed by atoms with Gasteiger partial charge < -0.3 is 10.6 Å². The fourth-order valence-electron chi connectivity index (χ4n) is 3.06. The van der Waals surface area contributed by atoms with E-state index in [1.54, 1.807) is 6.07 Å². The fraction of sp³-hybridized carbons (Fsp3) is 0.455. The molecule has 1 unspecified atom stereocenters. The van der Waals surface area contributed by atoms with Crippen LogP contribution in [0, 0.1) is 25.7 Å². The number of aryl methyl sites for hydroxylation is 2. The number of aromatic nitrogens is 2. The van der Waals surface area contributed by atoms with Gasteiger partial charge in [-0.1, -0.05) is 17.9 Å². The number of nitrogens with zero attached hydrogens (tertiary/aromatic N) is 3. The molecule has 0 bridgehead atoms. The molecule has 8 heteroatoms. The van der Waals surface area contributed by atoms with Crippen LogP contribution in [0.3, 0.4) is 0 Å². The first-order valence-corrected chi connectivity index (χ1v) is 9.81. The maximum Gasteiger partial charge on any atom is 0.416 e. The van der Waals surface area contributed by atoms with Crippen molar-refractivity contribution in [1.29, 1.82) is 0 Å². The normalized spacial score (nSPS) is 12.9. The number of aliphatic imine (C=N–C) groups is 1. The molecular weight excluding hydrogens is 391 g/mol. The first-order valence-electron chi connectivity index (χ1n) is 9.81. The van der Waals surface area contributed by atoms with E-state index in [4.69, 9.17) is 0 Å². The van der Waals surface area contributed by atoms with Gasteiger partial charge in [-0.15, -0.1) is 0 Å². The van der Waals surface area contributed by atoms with E-state index in [0.29, 0.717) is 18.1 Å². The van der Waals surface area contributed by atoms with E-state index in [-0.39, 0.29) is 12.6 Å². The molecule has 0 fully saturated rings. The van der Waals surface area contributed by atoms with E-state index in [1.165, 1.54) is 11.6 Å². The minimum Gasteiger partial charge on any atom is -0.357 e. The third kappa shape index (κ3) is 6.55. The molecule has 0 amide bonds. The maximum absolute atomic E-state index is 12.8. The molecular formula is C22H28F3N5. The summed E-state index contributed by atoms with van der Waals surface area (Å²) in [5, 5.41) is 11.0. The SMILES string of the molecule is CCNC(=NCC#Cc1cccc(C(F)(F)F)c1)NC(C)Cc1c(C)nn(C)c1C. The lowest BCUT2D eigenvalue weighted by Crippen LogP contribution is -2.43. The van der Waals surface area contributed by atoms with Crippen molar-refractivity contribution in [3.63, 3.8) is 0 Å². The Hall–Kier alpha value is -2.95. The van der Waals surface area contributed by atoms with Crippen molar-refractivity contribution in [2.45, 2.75) is 46.3 Å². The summed E-state index contributed by atoms with van der Waals surface area (Å²) in [6.45, 7) is 8.93. The summed E-state index contributed by atoms with van der Waals surface area (Å²) in [5.41, 5.74) is 2.96. The van der Waals surface area contributed by atoms with E-state index in [0.717, 1.165) is 29.9 Å². The summed E-state index contributed by atoms with van der Waals surface area (Å²) in [7, 11) is 1.93. The van der Waals surface area contributed by atoms with Gasteiger partial charge in [0.25, 0.3) is 0 Å². The van der Waals surface area contributed by atoms with Gasteiger partial charge in [-0.2, -0.15) is 18.3 Å². The van der Waals surface area contributed by atoms with Crippen LogP contribution < -0.4 is 10.6 Å². The molecule has 0 aliphatic heterocycles. The molecule has 0 radical (unpaired) electrons. The predicted molar refractivity (Wildman–Crippen MR) is 113 cm³/mol. The van der Waals surface area contributed by atoms with Crippen LogP contribution in [0.25, 0.3) is 0 Å². The monoisotopic (exact) mass is 419 g/mol. The van der Waals surface area contributed by atoms with Crippen molar-refractivity contribution >= 4 is 5.96 Å². The lowest BCUT2D eigenvalue weighted by atomic mass is 10.1. The number of rotatable bonds is 5. The highest BCUT2D eigenvalue weighted by atomic mass is 19.4. The molecule has 0 saturated heterocycles. The van der Waals surface area contributed by atoms with Gasteiger partial charge >= 0.3 is 6.18 Å². The standard InChI is InChI=1S/C22H28F3N5/c1-6-26-21(28-15(2)13-20-16(3)29-30(5)17(20)4)27-12-8-10-18-9-7-11-19(14-18)22(23,24)25/h7,9,11,14-15H,6,12-13H2,1-5H3,(H2,26,27,28). The van der Waals surface area contributed by atoms with E-state index >= 15 is 0 Å². The fourth-order valence-corrected chi connectivity index (χ4v) is 3.06. The van der Waals surface area contributed by atoms with Gasteiger partial charge in [0.1, 0.15) is 6.54 Å². The van der Waals surface area contributed by atoms with Gasteiger partial charge in [0.15, 0.2) is 5.96 Å². The number of hydrogen-bond acceptors (Lipinski definition) is 2. The third-order valence-corrected chi connectivity index (χ3v) is 4.64. The quantitative estimate of drug-likeness (QED) is 0.442. The Balaban J connectivity index is 2.02. The minimum absolute atomic E-state index is 0.112. The first kappa shape index (κ1) is 23.3. The number of benzene rings is 1. The summed E-state index contributed by atoms with van der Waals surface area (Å²) in [6.07, 6.45) is -3.58. The minimum atomic E-state index is -4.38. The van der Waals surface area contributed by atoms with E-state index in [9.17, 15) is 13.2 Å². The molecule has 0 aliphatic carbocycles. The van der Waals surface area contributed by atoms with Crippen LogP contribution in [0.4, 0.5) is 13.2 Å². The first-order chi connectivity index (χ1) is 14.1. The molecule has 0 spiro atoms. The Morgan fingerprint density at radius 3 is 2.63 bits per heavy atom. The van der Waals surface area contributed by atoms with Gasteiger partial charge in [0, 0.05) is 30.9 Å². The summed E-state index contributed by atoms with van der Waals surface area (Å²) < 4.78 is 40.2. The van der Waals surface area contributed by atoms with Crippen LogP contribution in [-0.2, 0) is 19.6 Å². The number of guanidine groups is 1. The highest BCUT2D eigenvalue weighted by molar-refractivity contribution is 5.80. The highest BCUT2D eigenvalue weighted by Gasteiger charge is 2.30. The van der Waals surface area contributed by atoms with Gasteiger partial charge in [0.05, 0.1) is 11.3 Å². The summed E-state index contributed by atoms with van der Waals surface area (Å²) in [4.78, 5) is 4.41. The average Bonchev–Trinajstić information content (AvgIpc) is 2.91. The molecule has 1 aromatic heterocycles. The molecule has 2 aromatic rings. The van der Waals surface area contributed by atoms with Crippen molar-refractivity contribution in [3.8, 4) is 11.8 Å². The lowest BCUT2D eigenvalue weighted by Gasteiger charge is -2.17. The molecule has 0 saturated carbocycles. The predicted octanol–water partition coefficient (Wildman–Crippen LogP) is 3.59. The Labute approximate surface area is 175 Å². The van der Waals surface area contributed by atoms with Crippen molar-refractivity contribution < 1.29 is 13.2 Å². The number of halogens is 3. The van der Waals surface area contributed by atoms with Gasteiger partial charge in [0.2, 0.25) is 0 Å². The Kier molecular flexibility index (Phi) is 7.93. The van der Waals surface area contributed by atoms with E-state index in [1.807, 2.05) is 32.5 Å². The molecule has 30 heavy (non-hydrogen) atoms. The zero-order valence-corrected chi connectivity index (χ0v) is 18.0. The number of nitrogens with one attached hydrogen (secondary N) is 2. The second kappa shape index (κ2) is 10.2. The third-order valence-electron chi connectivity index (χ3n) is 4.64. The van der Waals surface area contributed by atoms with Gasteiger partial charge in [-0.05, 0) is 57.9 Å². The highest BCUT2D eigenvalue weighted by Crippen LogP contribution is 2.29. The Morgan fingerprint density at radius 1 is 1.30 bits per heavy atom. The molecule has 2 N–H and O–H groups in total.